The van der Waals surface area contributed by atoms with Crippen molar-refractivity contribution in [1.29, 1.82) is 0 Å². The van der Waals surface area contributed by atoms with Gasteiger partial charge in [0.05, 0.1) is 0 Å². The number of hydrogen-bond acceptors (Lipinski definition) is 4. The first kappa shape index (κ1) is 15.3. The van der Waals surface area contributed by atoms with Crippen molar-refractivity contribution in [2.75, 3.05) is 26.7 Å². The summed E-state index contributed by atoms with van der Waals surface area (Å²) >= 11 is 0. The molecule has 3 N–H and O–H groups in total. The van der Waals surface area contributed by atoms with E-state index in [1.54, 1.807) is 7.05 Å². The van der Waals surface area contributed by atoms with Gasteiger partial charge in [-0.05, 0) is 13.8 Å². The second-order valence-electron chi connectivity index (χ2n) is 5.37. The number of hydrogen-bond donors (Lipinski definition) is 3. The number of likely N-dealkylation sites (N-methyl/N-ethyl adjacent to an activating group) is 1. The molecule has 0 bridgehead atoms. The molecule has 8 heteroatoms. The lowest BCUT2D eigenvalue weighted by Gasteiger charge is -2.41. The molecule has 21 heavy (non-hydrogen) atoms. The predicted molar refractivity (Wildman–Crippen MR) is 77.0 cm³/mol. The van der Waals surface area contributed by atoms with Crippen molar-refractivity contribution in [2.45, 2.75) is 25.9 Å². The molecule has 1 aromatic heterocycles. The van der Waals surface area contributed by atoms with E-state index in [4.69, 9.17) is 0 Å². The van der Waals surface area contributed by atoms with E-state index in [-0.39, 0.29) is 17.5 Å². The van der Waals surface area contributed by atoms with Crippen molar-refractivity contribution < 1.29 is 9.59 Å². The first-order valence-corrected chi connectivity index (χ1v) is 6.98. The largest absolute Gasteiger partial charge is 0.357 e. The highest BCUT2D eigenvalue weighted by Gasteiger charge is 2.36. The molecule has 0 aliphatic carbocycles. The molecule has 0 radical (unpaired) electrons. The number of H-pyrrole nitrogens is 2. The molecule has 1 aromatic rings. The third-order valence-electron chi connectivity index (χ3n) is 3.78. The van der Waals surface area contributed by atoms with Gasteiger partial charge in [0, 0.05) is 38.9 Å². The average molecular weight is 295 g/mol. The minimum atomic E-state index is -0.558. The molecule has 0 aromatic carbocycles. The summed E-state index contributed by atoms with van der Waals surface area (Å²) < 4.78 is 0. The van der Waals surface area contributed by atoms with Gasteiger partial charge in [-0.3, -0.25) is 14.5 Å². The molecular formula is C13H21N5O3. The maximum atomic E-state index is 12.5. The Morgan fingerprint density at radius 3 is 2.62 bits per heavy atom. The molecule has 8 nitrogen and oxygen atoms in total. The van der Waals surface area contributed by atoms with E-state index < -0.39 is 11.7 Å². The number of aromatic nitrogens is 2. The zero-order valence-electron chi connectivity index (χ0n) is 12.5. The van der Waals surface area contributed by atoms with Gasteiger partial charge in [-0.25, -0.2) is 4.79 Å². The van der Waals surface area contributed by atoms with Gasteiger partial charge in [0.2, 0.25) is 5.91 Å². The Kier molecular flexibility index (Phi) is 4.46. The van der Waals surface area contributed by atoms with Crippen LogP contribution in [0.3, 0.4) is 0 Å². The van der Waals surface area contributed by atoms with Gasteiger partial charge >= 0.3 is 5.69 Å². The van der Waals surface area contributed by atoms with Gasteiger partial charge in [-0.15, -0.1) is 0 Å². The number of rotatable bonds is 3. The van der Waals surface area contributed by atoms with E-state index in [0.29, 0.717) is 25.7 Å². The number of nitrogens with one attached hydrogen (secondary N) is 3. The summed E-state index contributed by atoms with van der Waals surface area (Å²) in [6, 6.07) is -0.251. The number of carbonyl (C=O) groups excluding carboxylic acids is 2. The molecule has 0 spiro atoms. The van der Waals surface area contributed by atoms with Gasteiger partial charge in [0.15, 0.2) is 0 Å². The van der Waals surface area contributed by atoms with Gasteiger partial charge < -0.3 is 20.2 Å². The fourth-order valence-corrected chi connectivity index (χ4v) is 2.51. The molecule has 1 saturated heterocycles. The molecule has 2 heterocycles. The Balaban J connectivity index is 2.22. The van der Waals surface area contributed by atoms with E-state index in [2.05, 4.69) is 34.0 Å². The smallest absolute Gasteiger partial charge is 0.323 e. The zero-order chi connectivity index (χ0) is 15.6. The molecule has 1 aliphatic rings. The molecular weight excluding hydrogens is 274 g/mol. The number of piperazine rings is 1. The van der Waals surface area contributed by atoms with Crippen molar-refractivity contribution in [2.24, 2.45) is 0 Å². The second-order valence-corrected chi connectivity index (χ2v) is 5.37. The van der Waals surface area contributed by atoms with Crippen LogP contribution in [-0.2, 0) is 4.79 Å². The lowest BCUT2D eigenvalue weighted by molar-refractivity contribution is -0.127. The first-order chi connectivity index (χ1) is 9.93. The molecule has 0 saturated carbocycles. The van der Waals surface area contributed by atoms with Crippen LogP contribution in [0.1, 0.15) is 24.3 Å². The summed E-state index contributed by atoms with van der Waals surface area (Å²) in [5, 5.41) is 2.60. The summed E-state index contributed by atoms with van der Waals surface area (Å²) in [4.78, 5) is 44.2. The maximum absolute atomic E-state index is 12.5. The fourth-order valence-electron chi connectivity index (χ4n) is 2.51. The van der Waals surface area contributed by atoms with Crippen LogP contribution >= 0.6 is 0 Å². The van der Waals surface area contributed by atoms with Gasteiger partial charge in [0.25, 0.3) is 5.91 Å². The second kappa shape index (κ2) is 6.13. The lowest BCUT2D eigenvalue weighted by atomic mass is 10.1. The minimum Gasteiger partial charge on any atom is -0.357 e. The SMILES string of the molecule is CNC(=O)C1CN(C(C)C)CCN1C(=O)c1c[nH]c(=O)[nH]1. The number of imidazole rings is 1. The van der Waals surface area contributed by atoms with E-state index in [1.165, 1.54) is 11.1 Å². The van der Waals surface area contributed by atoms with E-state index in [0.717, 1.165) is 0 Å². The number of amides is 2. The zero-order valence-corrected chi connectivity index (χ0v) is 12.5. The molecule has 1 aliphatic heterocycles. The molecule has 2 rings (SSSR count). The fraction of sp³-hybridized carbons (Fsp3) is 0.615. The lowest BCUT2D eigenvalue weighted by Crippen LogP contribution is -2.61. The van der Waals surface area contributed by atoms with Crippen molar-refractivity contribution in [3.05, 3.63) is 22.4 Å². The van der Waals surface area contributed by atoms with Crippen LogP contribution < -0.4 is 11.0 Å². The van der Waals surface area contributed by atoms with Crippen molar-refractivity contribution >= 4 is 11.8 Å². The highest BCUT2D eigenvalue weighted by atomic mass is 16.2. The predicted octanol–water partition coefficient (Wildman–Crippen LogP) is -1.02. The summed E-state index contributed by atoms with van der Waals surface area (Å²) in [6.45, 7) is 5.75. The quantitative estimate of drug-likeness (QED) is 0.664. The molecule has 1 fully saturated rings. The summed E-state index contributed by atoms with van der Waals surface area (Å²) in [5.41, 5.74) is -0.262. The first-order valence-electron chi connectivity index (χ1n) is 6.98. The normalized spacial score (nSPS) is 19.8. The maximum Gasteiger partial charge on any atom is 0.323 e. The van der Waals surface area contributed by atoms with E-state index >= 15 is 0 Å². The number of aromatic amines is 2. The topological polar surface area (TPSA) is 101 Å². The Bertz CT molecular complexity index is 576. The Morgan fingerprint density at radius 1 is 1.38 bits per heavy atom. The van der Waals surface area contributed by atoms with Gasteiger partial charge in [-0.1, -0.05) is 0 Å². The third kappa shape index (κ3) is 3.15. The average Bonchev–Trinajstić information content (AvgIpc) is 2.91. The van der Waals surface area contributed by atoms with E-state index in [1.807, 2.05) is 0 Å². The van der Waals surface area contributed by atoms with Gasteiger partial charge in [-0.2, -0.15) is 0 Å². The van der Waals surface area contributed by atoms with Crippen LogP contribution in [-0.4, -0.2) is 70.3 Å². The van der Waals surface area contributed by atoms with E-state index in [9.17, 15) is 14.4 Å². The number of carbonyl (C=O) groups is 2. The molecule has 1 atom stereocenters. The number of nitrogens with zero attached hydrogens (tertiary/aromatic N) is 2. The highest BCUT2D eigenvalue weighted by Crippen LogP contribution is 2.15. The third-order valence-corrected chi connectivity index (χ3v) is 3.78. The standard InChI is InChI=1S/C13H21N5O3/c1-8(2)17-4-5-18(10(7-17)11(19)14-3)12(20)9-6-15-13(21)16-9/h6,8,10H,4-5,7H2,1-3H3,(H,14,19)(H2,15,16,21). The molecule has 116 valence electrons. The Morgan fingerprint density at radius 2 is 2.10 bits per heavy atom. The van der Waals surface area contributed by atoms with Crippen LogP contribution in [0.25, 0.3) is 0 Å². The summed E-state index contributed by atoms with van der Waals surface area (Å²) in [5.74, 6) is -0.545. The van der Waals surface area contributed by atoms with Crippen molar-refractivity contribution in [3.63, 3.8) is 0 Å². The summed E-state index contributed by atoms with van der Waals surface area (Å²) in [7, 11) is 1.55. The van der Waals surface area contributed by atoms with Gasteiger partial charge in [0.1, 0.15) is 11.7 Å². The highest BCUT2D eigenvalue weighted by molar-refractivity contribution is 5.96. The Labute approximate surface area is 122 Å². The molecule has 1 unspecified atom stereocenters. The monoisotopic (exact) mass is 295 g/mol. The van der Waals surface area contributed by atoms with Crippen LogP contribution in [0.2, 0.25) is 0 Å². The van der Waals surface area contributed by atoms with Crippen LogP contribution in [0.5, 0.6) is 0 Å². The minimum absolute atomic E-state index is 0.173. The van der Waals surface area contributed by atoms with Crippen LogP contribution in [0, 0.1) is 0 Å². The van der Waals surface area contributed by atoms with Crippen LogP contribution in [0.15, 0.2) is 11.0 Å². The Hall–Kier alpha value is -2.09. The van der Waals surface area contributed by atoms with Crippen LogP contribution in [0.4, 0.5) is 0 Å². The van der Waals surface area contributed by atoms with Crippen molar-refractivity contribution in [3.8, 4) is 0 Å². The van der Waals surface area contributed by atoms with Crippen molar-refractivity contribution in [1.82, 2.24) is 25.1 Å². The summed E-state index contributed by atoms with van der Waals surface area (Å²) in [6.07, 6.45) is 1.33. The molecule has 2 amide bonds.